The highest BCUT2D eigenvalue weighted by atomic mass is 16.1. The second-order valence-corrected chi connectivity index (χ2v) is 5.33. The number of rotatable bonds is 5. The van der Waals surface area contributed by atoms with Crippen LogP contribution in [0.2, 0.25) is 0 Å². The molecule has 1 aromatic carbocycles. The summed E-state index contributed by atoms with van der Waals surface area (Å²) in [6.07, 6.45) is 6.14. The molecule has 1 unspecified atom stereocenters. The average Bonchev–Trinajstić information content (AvgIpc) is 2.40. The van der Waals surface area contributed by atoms with Gasteiger partial charge in [0.15, 0.2) is 0 Å². The van der Waals surface area contributed by atoms with E-state index in [0.717, 1.165) is 13.0 Å². The van der Waals surface area contributed by atoms with E-state index in [1.807, 2.05) is 12.1 Å². The molecule has 18 heavy (non-hydrogen) atoms. The van der Waals surface area contributed by atoms with Crippen molar-refractivity contribution in [3.05, 3.63) is 35.4 Å². The maximum Gasteiger partial charge on any atom is 0.137 e. The Hall–Kier alpha value is -1.15. The fourth-order valence-corrected chi connectivity index (χ4v) is 2.61. The standard InChI is InChI=1S/C16H23NO/c1-13-6-2-3-7-14(13)12-16(18)10-9-15-8-4-5-11-17-15/h2-3,6-7,15,17H,4-5,8-12H2,1H3. The molecule has 1 fully saturated rings. The zero-order valence-electron chi connectivity index (χ0n) is 11.2. The largest absolute Gasteiger partial charge is 0.314 e. The van der Waals surface area contributed by atoms with Crippen LogP contribution in [-0.2, 0) is 11.2 Å². The van der Waals surface area contributed by atoms with E-state index in [9.17, 15) is 4.79 Å². The summed E-state index contributed by atoms with van der Waals surface area (Å²) < 4.78 is 0. The minimum absolute atomic E-state index is 0.372. The Balaban J connectivity index is 1.76. The lowest BCUT2D eigenvalue weighted by atomic mass is 9.96. The van der Waals surface area contributed by atoms with Gasteiger partial charge in [-0.15, -0.1) is 0 Å². The summed E-state index contributed by atoms with van der Waals surface area (Å²) in [6, 6.07) is 8.74. The van der Waals surface area contributed by atoms with Crippen molar-refractivity contribution in [2.75, 3.05) is 6.54 Å². The van der Waals surface area contributed by atoms with Crippen LogP contribution in [0.25, 0.3) is 0 Å². The Labute approximate surface area is 110 Å². The molecule has 0 aliphatic carbocycles. The lowest BCUT2D eigenvalue weighted by molar-refractivity contribution is -0.118. The summed E-state index contributed by atoms with van der Waals surface area (Å²) in [7, 11) is 0. The second-order valence-electron chi connectivity index (χ2n) is 5.33. The van der Waals surface area contributed by atoms with Gasteiger partial charge >= 0.3 is 0 Å². The number of hydrogen-bond acceptors (Lipinski definition) is 2. The first kappa shape index (κ1) is 13.3. The van der Waals surface area contributed by atoms with E-state index < -0.39 is 0 Å². The summed E-state index contributed by atoms with van der Waals surface area (Å²) >= 11 is 0. The molecule has 2 heteroatoms. The average molecular weight is 245 g/mol. The first-order valence-electron chi connectivity index (χ1n) is 7.05. The lowest BCUT2D eigenvalue weighted by Crippen LogP contribution is -2.34. The van der Waals surface area contributed by atoms with Gasteiger partial charge in [-0.3, -0.25) is 4.79 Å². The van der Waals surface area contributed by atoms with E-state index in [-0.39, 0.29) is 0 Å². The van der Waals surface area contributed by atoms with Crippen LogP contribution >= 0.6 is 0 Å². The van der Waals surface area contributed by atoms with Gasteiger partial charge in [0.25, 0.3) is 0 Å². The summed E-state index contributed by atoms with van der Waals surface area (Å²) in [6.45, 7) is 3.20. The fourth-order valence-electron chi connectivity index (χ4n) is 2.61. The second kappa shape index (κ2) is 6.69. The molecule has 0 saturated carbocycles. The van der Waals surface area contributed by atoms with Crippen molar-refractivity contribution >= 4 is 5.78 Å². The molecule has 1 heterocycles. The molecule has 0 spiro atoms. The van der Waals surface area contributed by atoms with Crippen molar-refractivity contribution in [3.63, 3.8) is 0 Å². The maximum atomic E-state index is 12.0. The third-order valence-electron chi connectivity index (χ3n) is 3.83. The van der Waals surface area contributed by atoms with Gasteiger partial charge in [0.1, 0.15) is 5.78 Å². The van der Waals surface area contributed by atoms with E-state index in [0.29, 0.717) is 24.7 Å². The molecule has 0 radical (unpaired) electrons. The van der Waals surface area contributed by atoms with E-state index in [4.69, 9.17) is 0 Å². The molecule has 1 N–H and O–H groups in total. The van der Waals surface area contributed by atoms with E-state index in [1.165, 1.54) is 30.4 Å². The predicted octanol–water partition coefficient (Wildman–Crippen LogP) is 3.03. The zero-order chi connectivity index (χ0) is 12.8. The summed E-state index contributed by atoms with van der Waals surface area (Å²) in [4.78, 5) is 12.0. The molecule has 1 aliphatic heterocycles. The van der Waals surface area contributed by atoms with Gasteiger partial charge in [0, 0.05) is 18.9 Å². The lowest BCUT2D eigenvalue weighted by Gasteiger charge is -2.23. The van der Waals surface area contributed by atoms with Crippen LogP contribution < -0.4 is 5.32 Å². The van der Waals surface area contributed by atoms with Gasteiger partial charge in [0.2, 0.25) is 0 Å². The Kier molecular flexibility index (Phi) is 4.94. The first-order valence-corrected chi connectivity index (χ1v) is 7.05. The van der Waals surface area contributed by atoms with Gasteiger partial charge in [-0.05, 0) is 43.9 Å². The molecule has 2 nitrogen and oxygen atoms in total. The van der Waals surface area contributed by atoms with E-state index >= 15 is 0 Å². The predicted molar refractivity (Wildman–Crippen MR) is 74.8 cm³/mol. The van der Waals surface area contributed by atoms with Crippen LogP contribution in [0.4, 0.5) is 0 Å². The highest BCUT2D eigenvalue weighted by Crippen LogP contribution is 2.14. The zero-order valence-corrected chi connectivity index (χ0v) is 11.2. The van der Waals surface area contributed by atoms with Crippen molar-refractivity contribution in [3.8, 4) is 0 Å². The molecular formula is C16H23NO. The summed E-state index contributed by atoms with van der Waals surface area (Å²) in [5.41, 5.74) is 2.40. The van der Waals surface area contributed by atoms with Crippen LogP contribution in [0.15, 0.2) is 24.3 Å². The van der Waals surface area contributed by atoms with Crippen molar-refractivity contribution in [1.29, 1.82) is 0 Å². The quantitative estimate of drug-likeness (QED) is 0.864. The fraction of sp³-hybridized carbons (Fsp3) is 0.562. The molecule has 1 aliphatic rings. The van der Waals surface area contributed by atoms with Crippen molar-refractivity contribution in [2.45, 2.75) is 51.5 Å². The molecule has 1 atom stereocenters. The highest BCUT2D eigenvalue weighted by Gasteiger charge is 2.14. The maximum absolute atomic E-state index is 12.0. The van der Waals surface area contributed by atoms with Gasteiger partial charge in [0.05, 0.1) is 0 Å². The minimum atomic E-state index is 0.372. The molecule has 0 bridgehead atoms. The Morgan fingerprint density at radius 3 is 2.89 bits per heavy atom. The van der Waals surface area contributed by atoms with E-state index in [2.05, 4.69) is 24.4 Å². The van der Waals surface area contributed by atoms with Crippen LogP contribution in [0.1, 0.15) is 43.2 Å². The topological polar surface area (TPSA) is 29.1 Å². The van der Waals surface area contributed by atoms with Crippen molar-refractivity contribution < 1.29 is 4.79 Å². The number of Topliss-reactive ketones (excluding diaryl/α,β-unsaturated/α-hetero) is 1. The Bertz CT molecular complexity index is 394. The van der Waals surface area contributed by atoms with E-state index in [1.54, 1.807) is 0 Å². The molecule has 98 valence electrons. The number of hydrogen-bond donors (Lipinski definition) is 1. The minimum Gasteiger partial charge on any atom is -0.314 e. The highest BCUT2D eigenvalue weighted by molar-refractivity contribution is 5.81. The normalized spacial score (nSPS) is 19.7. The van der Waals surface area contributed by atoms with Gasteiger partial charge in [-0.2, -0.15) is 0 Å². The SMILES string of the molecule is Cc1ccccc1CC(=O)CCC1CCCCN1. The summed E-state index contributed by atoms with van der Waals surface area (Å²) in [5, 5.41) is 3.50. The molecule has 0 amide bonds. The Morgan fingerprint density at radius 2 is 2.17 bits per heavy atom. The third kappa shape index (κ3) is 3.95. The van der Waals surface area contributed by atoms with Gasteiger partial charge < -0.3 is 5.32 Å². The number of carbonyl (C=O) groups excluding carboxylic acids is 1. The van der Waals surface area contributed by atoms with Crippen LogP contribution in [0.3, 0.4) is 0 Å². The van der Waals surface area contributed by atoms with Crippen molar-refractivity contribution in [2.24, 2.45) is 0 Å². The van der Waals surface area contributed by atoms with Gasteiger partial charge in [-0.25, -0.2) is 0 Å². The van der Waals surface area contributed by atoms with Crippen LogP contribution in [-0.4, -0.2) is 18.4 Å². The van der Waals surface area contributed by atoms with Gasteiger partial charge in [-0.1, -0.05) is 30.7 Å². The third-order valence-corrected chi connectivity index (χ3v) is 3.83. The van der Waals surface area contributed by atoms with Crippen LogP contribution in [0.5, 0.6) is 0 Å². The summed E-state index contributed by atoms with van der Waals surface area (Å²) in [5.74, 6) is 0.372. The molecule has 2 rings (SSSR count). The Morgan fingerprint density at radius 1 is 1.33 bits per heavy atom. The van der Waals surface area contributed by atoms with Crippen LogP contribution in [0, 0.1) is 6.92 Å². The number of carbonyl (C=O) groups is 1. The number of nitrogens with one attached hydrogen (secondary N) is 1. The first-order chi connectivity index (χ1) is 8.75. The smallest absolute Gasteiger partial charge is 0.137 e. The number of aryl methyl sites for hydroxylation is 1. The molecule has 1 aromatic rings. The number of ketones is 1. The number of benzene rings is 1. The van der Waals surface area contributed by atoms with Crippen molar-refractivity contribution in [1.82, 2.24) is 5.32 Å². The molecule has 1 saturated heterocycles. The molecule has 0 aromatic heterocycles. The molecular weight excluding hydrogens is 222 g/mol. The number of piperidine rings is 1. The monoisotopic (exact) mass is 245 g/mol.